The van der Waals surface area contributed by atoms with Crippen LogP contribution >= 0.6 is 0 Å². The maximum atomic E-state index is 12.0. The first-order valence-electron chi connectivity index (χ1n) is 7.26. The normalized spacial score (nSPS) is 36.5. The minimum atomic E-state index is -0.00241. The van der Waals surface area contributed by atoms with Gasteiger partial charge in [-0.2, -0.15) is 0 Å². The molecule has 2 N–H and O–H groups in total. The summed E-state index contributed by atoms with van der Waals surface area (Å²) in [5, 5.41) is 13.5. The fourth-order valence-electron chi connectivity index (χ4n) is 4.73. The molecule has 0 amide bonds. The average molecular weight is 257 g/mol. The summed E-state index contributed by atoms with van der Waals surface area (Å²) < 4.78 is 0. The predicted octanol–water partition coefficient (Wildman–Crippen LogP) is 1.92. The van der Waals surface area contributed by atoms with Crippen LogP contribution in [0.5, 0.6) is 5.75 Å². The Morgan fingerprint density at radius 3 is 3.16 bits per heavy atom. The number of hydrogen-bond acceptors (Lipinski definition) is 3. The lowest BCUT2D eigenvalue weighted by Crippen LogP contribution is -2.60. The summed E-state index contributed by atoms with van der Waals surface area (Å²) in [4.78, 5) is 12.0. The van der Waals surface area contributed by atoms with Gasteiger partial charge in [0.2, 0.25) is 0 Å². The zero-order valence-electron chi connectivity index (χ0n) is 11.0. The number of Topliss-reactive ketones (excluding diaryl/α,β-unsaturated/α-hetero) is 1. The third-order valence-electron chi connectivity index (χ3n) is 5.49. The molecule has 2 bridgehead atoms. The molecule has 0 aromatic heterocycles. The van der Waals surface area contributed by atoms with Crippen molar-refractivity contribution in [3.63, 3.8) is 0 Å². The first-order chi connectivity index (χ1) is 9.19. The Kier molecular flexibility index (Phi) is 2.31. The van der Waals surface area contributed by atoms with Crippen molar-refractivity contribution < 1.29 is 9.90 Å². The Hall–Kier alpha value is -1.35. The summed E-state index contributed by atoms with van der Waals surface area (Å²) >= 11 is 0. The fourth-order valence-corrected chi connectivity index (χ4v) is 4.73. The van der Waals surface area contributed by atoms with Crippen LogP contribution in [0.15, 0.2) is 18.2 Å². The second-order valence-electron chi connectivity index (χ2n) is 6.37. The van der Waals surface area contributed by atoms with Crippen molar-refractivity contribution in [2.75, 3.05) is 6.54 Å². The number of hydrogen-bond donors (Lipinski definition) is 2. The van der Waals surface area contributed by atoms with Crippen LogP contribution in [0.2, 0.25) is 0 Å². The first-order valence-corrected chi connectivity index (χ1v) is 7.26. The monoisotopic (exact) mass is 257 g/mol. The molecule has 100 valence electrons. The summed E-state index contributed by atoms with van der Waals surface area (Å²) in [5.74, 6) is 1.29. The molecule has 3 aliphatic rings. The zero-order chi connectivity index (χ0) is 13.0. The number of aromatic hydroxyl groups is 1. The molecule has 0 spiro atoms. The molecule has 3 nitrogen and oxygen atoms in total. The van der Waals surface area contributed by atoms with Crippen molar-refractivity contribution in [3.05, 3.63) is 29.3 Å². The van der Waals surface area contributed by atoms with Crippen molar-refractivity contribution in [2.24, 2.45) is 5.92 Å². The molecule has 3 atom stereocenters. The lowest BCUT2D eigenvalue weighted by Gasteiger charge is -2.55. The summed E-state index contributed by atoms with van der Waals surface area (Å²) in [7, 11) is 0. The van der Waals surface area contributed by atoms with E-state index in [1.807, 2.05) is 12.1 Å². The van der Waals surface area contributed by atoms with Gasteiger partial charge in [-0.3, -0.25) is 4.79 Å². The molecular weight excluding hydrogens is 238 g/mol. The number of phenols is 1. The maximum Gasteiger partial charge on any atom is 0.133 e. The van der Waals surface area contributed by atoms with Gasteiger partial charge < -0.3 is 10.4 Å². The molecular formula is C16H19NO2. The van der Waals surface area contributed by atoms with Crippen LogP contribution in [0.25, 0.3) is 0 Å². The SMILES string of the molecule is O=C1CC[C@H]2[C@H]3Cc4ccc(O)cc4[C@@]2(CCN3)C1. The maximum absolute atomic E-state index is 12.0. The Labute approximate surface area is 113 Å². The largest absolute Gasteiger partial charge is 0.508 e. The summed E-state index contributed by atoms with van der Waals surface area (Å²) in [6.45, 7) is 0.990. The van der Waals surface area contributed by atoms with Gasteiger partial charge in [-0.1, -0.05) is 6.07 Å². The average Bonchev–Trinajstić information content (AvgIpc) is 2.39. The van der Waals surface area contributed by atoms with E-state index in [-0.39, 0.29) is 5.41 Å². The summed E-state index contributed by atoms with van der Waals surface area (Å²) in [6.07, 6.45) is 4.48. The van der Waals surface area contributed by atoms with Crippen LogP contribution in [-0.2, 0) is 16.6 Å². The zero-order valence-corrected chi connectivity index (χ0v) is 11.0. The third kappa shape index (κ3) is 1.51. The molecule has 1 aromatic carbocycles. The van der Waals surface area contributed by atoms with Crippen LogP contribution in [0.4, 0.5) is 0 Å². The van der Waals surface area contributed by atoms with Crippen LogP contribution in [0.3, 0.4) is 0 Å². The van der Waals surface area contributed by atoms with Gasteiger partial charge in [-0.15, -0.1) is 0 Å². The Morgan fingerprint density at radius 1 is 1.37 bits per heavy atom. The van der Waals surface area contributed by atoms with Gasteiger partial charge in [0.15, 0.2) is 0 Å². The van der Waals surface area contributed by atoms with E-state index < -0.39 is 0 Å². The van der Waals surface area contributed by atoms with Gasteiger partial charge >= 0.3 is 0 Å². The highest BCUT2D eigenvalue weighted by Gasteiger charge is 2.53. The van der Waals surface area contributed by atoms with E-state index in [1.54, 1.807) is 6.07 Å². The van der Waals surface area contributed by atoms with Crippen molar-refractivity contribution in [1.82, 2.24) is 5.32 Å². The minimum absolute atomic E-state index is 0.00241. The third-order valence-corrected chi connectivity index (χ3v) is 5.49. The number of fused-ring (bicyclic) bond motifs is 1. The van der Waals surface area contributed by atoms with Crippen molar-refractivity contribution in [3.8, 4) is 5.75 Å². The van der Waals surface area contributed by atoms with E-state index in [0.29, 0.717) is 29.9 Å². The van der Waals surface area contributed by atoms with E-state index in [2.05, 4.69) is 5.32 Å². The van der Waals surface area contributed by atoms with E-state index in [4.69, 9.17) is 0 Å². The molecule has 1 heterocycles. The molecule has 2 aliphatic carbocycles. The van der Waals surface area contributed by atoms with Crippen LogP contribution in [-0.4, -0.2) is 23.5 Å². The number of piperidine rings is 1. The Balaban J connectivity index is 1.92. The molecule has 1 aliphatic heterocycles. The fraction of sp³-hybridized carbons (Fsp3) is 0.562. The molecule has 4 rings (SSSR count). The van der Waals surface area contributed by atoms with Gasteiger partial charge in [-0.05, 0) is 55.0 Å². The molecule has 0 unspecified atom stereocenters. The van der Waals surface area contributed by atoms with Gasteiger partial charge in [-0.25, -0.2) is 0 Å². The summed E-state index contributed by atoms with van der Waals surface area (Å²) in [6, 6.07) is 6.25. The van der Waals surface area contributed by atoms with E-state index in [1.165, 1.54) is 11.1 Å². The lowest BCUT2D eigenvalue weighted by molar-refractivity contribution is -0.125. The standard InChI is InChI=1S/C16H19NO2/c18-11-2-1-10-7-15-13-4-3-12(19)9-16(13,5-6-17-15)14(10)8-11/h1-2,8,13,15,17-18H,3-7,9H2/t13-,15+,16-/m0/s1. The van der Waals surface area contributed by atoms with Crippen molar-refractivity contribution >= 4 is 5.78 Å². The molecule has 1 aromatic rings. The molecule has 1 saturated heterocycles. The smallest absolute Gasteiger partial charge is 0.133 e. The first kappa shape index (κ1) is 11.5. The topological polar surface area (TPSA) is 49.3 Å². The highest BCUT2D eigenvalue weighted by Crippen LogP contribution is 2.53. The van der Waals surface area contributed by atoms with Crippen LogP contribution < -0.4 is 5.32 Å². The highest BCUT2D eigenvalue weighted by molar-refractivity contribution is 5.81. The highest BCUT2D eigenvalue weighted by atomic mass is 16.3. The van der Waals surface area contributed by atoms with Gasteiger partial charge in [0.1, 0.15) is 11.5 Å². The van der Waals surface area contributed by atoms with E-state index in [0.717, 1.165) is 32.2 Å². The van der Waals surface area contributed by atoms with Crippen molar-refractivity contribution in [1.29, 1.82) is 0 Å². The number of nitrogens with one attached hydrogen (secondary N) is 1. The number of carbonyl (C=O) groups is 1. The lowest BCUT2D eigenvalue weighted by atomic mass is 9.52. The van der Waals surface area contributed by atoms with Crippen molar-refractivity contribution in [2.45, 2.75) is 43.6 Å². The van der Waals surface area contributed by atoms with Crippen LogP contribution in [0.1, 0.15) is 36.8 Å². The summed E-state index contributed by atoms with van der Waals surface area (Å²) in [5.41, 5.74) is 2.57. The number of rotatable bonds is 0. The number of ketones is 1. The van der Waals surface area contributed by atoms with Crippen LogP contribution in [0, 0.1) is 5.92 Å². The molecule has 0 radical (unpaired) electrons. The number of phenolic OH excluding ortho intramolecular Hbond substituents is 1. The van der Waals surface area contributed by atoms with Gasteiger partial charge in [0, 0.05) is 24.3 Å². The van der Waals surface area contributed by atoms with Gasteiger partial charge in [0.05, 0.1) is 0 Å². The molecule has 19 heavy (non-hydrogen) atoms. The molecule has 2 fully saturated rings. The van der Waals surface area contributed by atoms with Gasteiger partial charge in [0.25, 0.3) is 0 Å². The quantitative estimate of drug-likeness (QED) is 0.746. The number of carbonyl (C=O) groups excluding carboxylic acids is 1. The van der Waals surface area contributed by atoms with E-state index in [9.17, 15) is 9.90 Å². The Bertz CT molecular complexity index is 554. The number of benzene rings is 1. The molecule has 3 heteroatoms. The Morgan fingerprint density at radius 2 is 2.26 bits per heavy atom. The minimum Gasteiger partial charge on any atom is -0.508 e. The molecule has 1 saturated carbocycles. The second-order valence-corrected chi connectivity index (χ2v) is 6.37. The van der Waals surface area contributed by atoms with E-state index >= 15 is 0 Å². The predicted molar refractivity (Wildman–Crippen MR) is 72.2 cm³/mol. The second kappa shape index (κ2) is 3.83.